The highest BCUT2D eigenvalue weighted by Crippen LogP contribution is 2.47. The fourth-order valence-corrected chi connectivity index (χ4v) is 11.0. The van der Waals surface area contributed by atoms with Crippen molar-refractivity contribution in [3.63, 3.8) is 0 Å². The molecule has 0 radical (unpaired) electrons. The fraction of sp³-hybridized carbons (Fsp3) is 0.379. The first-order valence-corrected chi connectivity index (χ1v) is 28.7. The number of ether oxygens (including phenoxy) is 5. The molecule has 3 aromatic carbocycles. The van der Waals surface area contributed by atoms with Gasteiger partial charge in [0.1, 0.15) is 18.1 Å². The zero-order chi connectivity index (χ0) is 56.1. The maximum atomic E-state index is 12.9. The van der Waals surface area contributed by atoms with Crippen molar-refractivity contribution in [3.8, 4) is 17.5 Å². The van der Waals surface area contributed by atoms with E-state index in [-0.39, 0.29) is 48.4 Å². The molecule has 0 amide bonds. The van der Waals surface area contributed by atoms with Crippen molar-refractivity contribution < 1.29 is 73.7 Å². The second kappa shape index (κ2) is 26.4. The molecule has 78 heavy (non-hydrogen) atoms. The van der Waals surface area contributed by atoms with Crippen molar-refractivity contribution in [3.05, 3.63) is 150 Å². The summed E-state index contributed by atoms with van der Waals surface area (Å²) in [6, 6.07) is 20.8. The van der Waals surface area contributed by atoms with Crippen LogP contribution in [0.25, 0.3) is 16.9 Å². The standard InChI is InChI=1S/C58H69N3O15S2/c1-42-41-57(2,3)60(28-29-72-32-33-74-35-34-73-31-30-70-5)50-40-52-47(39-46(42)50)44(37-51(75-52)43-17-12-10-13-18-43)19-11-8-7-9-14-20-53-58(4,26-15-21-56(64)76-61-54(62)24-25-55(61)63)48-38-45(78(67,68)69)22-23-49(48)59(53)27-16-36-77(65,66)71-6/h7-14,17-20,22-25,37-41H,15-16,21,26-36H2,1-6H3,(H2-,62,63,67,68,69)/p+1. The van der Waals surface area contributed by atoms with E-state index in [0.29, 0.717) is 86.0 Å². The Kier molecular flexibility index (Phi) is 20.0. The molecule has 0 bridgehead atoms. The number of carbonyl (C=O) groups excluding carboxylic acids is 1. The highest BCUT2D eigenvalue weighted by atomic mass is 32.2. The van der Waals surface area contributed by atoms with Gasteiger partial charge < -0.3 is 43.6 Å². The minimum Gasteiger partial charge on any atom is -0.492 e. The zero-order valence-corrected chi connectivity index (χ0v) is 46.6. The van der Waals surface area contributed by atoms with Crippen LogP contribution in [0.2, 0.25) is 0 Å². The summed E-state index contributed by atoms with van der Waals surface area (Å²) in [6.07, 6.45) is 18.0. The number of fused-ring (bicyclic) bond motifs is 3. The van der Waals surface area contributed by atoms with Gasteiger partial charge in [-0.05, 0) is 76.0 Å². The minimum atomic E-state index is -4.63. The number of rotatable bonds is 28. The topological polar surface area (TPSA) is 222 Å². The summed E-state index contributed by atoms with van der Waals surface area (Å²) in [7, 11) is -5.71. The van der Waals surface area contributed by atoms with Gasteiger partial charge in [-0.2, -0.15) is 21.4 Å². The van der Waals surface area contributed by atoms with E-state index in [2.05, 4.69) is 43.9 Å². The van der Waals surface area contributed by atoms with E-state index < -0.39 is 43.4 Å². The lowest BCUT2D eigenvalue weighted by Gasteiger charge is -2.44. The number of hydrogen-bond donors (Lipinski definition) is 3. The number of aromatic hydroxyl groups is 2. The van der Waals surface area contributed by atoms with Gasteiger partial charge in [0.15, 0.2) is 5.71 Å². The third-order valence-corrected chi connectivity index (χ3v) is 15.8. The smallest absolute Gasteiger partial charge is 0.333 e. The number of benzene rings is 3. The molecule has 3 aliphatic heterocycles. The van der Waals surface area contributed by atoms with Gasteiger partial charge in [0.25, 0.3) is 20.2 Å². The Morgan fingerprint density at radius 1 is 0.782 bits per heavy atom. The molecule has 0 saturated heterocycles. The van der Waals surface area contributed by atoms with E-state index in [9.17, 15) is 36.4 Å². The summed E-state index contributed by atoms with van der Waals surface area (Å²) in [4.78, 5) is 20.1. The first kappa shape index (κ1) is 59.0. The van der Waals surface area contributed by atoms with Crippen molar-refractivity contribution in [2.75, 3.05) is 84.2 Å². The van der Waals surface area contributed by atoms with Gasteiger partial charge in [-0.15, -0.1) is 4.73 Å². The van der Waals surface area contributed by atoms with Crippen LogP contribution in [0.1, 0.15) is 75.6 Å². The van der Waals surface area contributed by atoms with Crippen LogP contribution in [-0.4, -0.2) is 137 Å². The molecule has 4 heterocycles. The van der Waals surface area contributed by atoms with E-state index in [0.717, 1.165) is 40.6 Å². The summed E-state index contributed by atoms with van der Waals surface area (Å²) in [5.41, 5.74) is 6.55. The monoisotopic (exact) mass is 1110 g/mol. The lowest BCUT2D eigenvalue weighted by molar-refractivity contribution is -0.437. The predicted molar refractivity (Wildman–Crippen MR) is 298 cm³/mol. The quantitative estimate of drug-likeness (QED) is 0.0159. The average Bonchev–Trinajstić information content (AvgIpc) is 4.04. The van der Waals surface area contributed by atoms with E-state index in [4.69, 9.17) is 32.7 Å². The third kappa shape index (κ3) is 14.7. The number of anilines is 1. The van der Waals surface area contributed by atoms with Crippen LogP contribution < -0.4 is 14.5 Å². The van der Waals surface area contributed by atoms with Crippen molar-refractivity contribution in [1.82, 2.24) is 4.73 Å². The summed E-state index contributed by atoms with van der Waals surface area (Å²) < 4.78 is 95.9. The molecule has 418 valence electrons. The number of nitrogens with zero attached hydrogens (tertiary/aromatic N) is 3. The molecule has 0 spiro atoms. The van der Waals surface area contributed by atoms with Crippen molar-refractivity contribution >= 4 is 60.2 Å². The summed E-state index contributed by atoms with van der Waals surface area (Å²) in [5, 5.41) is 20.0. The molecule has 1 aromatic heterocycles. The Labute approximate surface area is 457 Å². The fourth-order valence-electron chi connectivity index (χ4n) is 9.82. The molecular formula is C58H70N3O15S2+. The highest BCUT2D eigenvalue weighted by Gasteiger charge is 2.48. The van der Waals surface area contributed by atoms with Crippen LogP contribution >= 0.6 is 0 Å². The van der Waals surface area contributed by atoms with E-state index in [1.165, 1.54) is 24.3 Å². The Bertz CT molecular complexity index is 3220. The Balaban J connectivity index is 1.14. The maximum absolute atomic E-state index is 12.9. The molecule has 1 atom stereocenters. The number of methoxy groups -OCH3 is 1. The molecule has 4 aromatic rings. The van der Waals surface area contributed by atoms with Crippen molar-refractivity contribution in [2.45, 2.75) is 69.2 Å². The summed E-state index contributed by atoms with van der Waals surface area (Å²) in [5.74, 6) is -0.566. The largest absolute Gasteiger partial charge is 0.492 e. The van der Waals surface area contributed by atoms with Gasteiger partial charge in [0.2, 0.25) is 17.4 Å². The normalized spacial score (nSPS) is 17.7. The second-order valence-electron chi connectivity index (χ2n) is 19.5. The SMILES string of the molecule is COCCOCCOCCOCCN1c2cc3c(cc2C(C)=CC1(C)C)C(=CC=CC=CC=CC1=[N+](CCCS(=O)(=O)OC)c2ccc(S(=O)(=O)O)cc2C1(C)CCCC(=O)On1c(O)ccc1O)C=C(c1ccccc1)O3. The molecule has 0 saturated carbocycles. The van der Waals surface area contributed by atoms with Gasteiger partial charge >= 0.3 is 5.97 Å². The molecule has 1 unspecified atom stereocenters. The Morgan fingerprint density at radius 3 is 2.13 bits per heavy atom. The first-order valence-electron chi connectivity index (χ1n) is 25.7. The van der Waals surface area contributed by atoms with Crippen LogP contribution in [0.4, 0.5) is 11.4 Å². The molecule has 0 aliphatic carbocycles. The van der Waals surface area contributed by atoms with Crippen molar-refractivity contribution in [1.29, 1.82) is 0 Å². The first-order chi connectivity index (χ1) is 37.3. The maximum Gasteiger partial charge on any atom is 0.333 e. The van der Waals surface area contributed by atoms with Crippen LogP contribution in [0.3, 0.4) is 0 Å². The number of carbonyl (C=O) groups is 1. The molecule has 18 nitrogen and oxygen atoms in total. The van der Waals surface area contributed by atoms with Crippen LogP contribution in [0.5, 0.6) is 17.5 Å². The average molecular weight is 1110 g/mol. The van der Waals surface area contributed by atoms with Gasteiger partial charge in [-0.3, -0.25) is 8.74 Å². The molecule has 0 fully saturated rings. The highest BCUT2D eigenvalue weighted by molar-refractivity contribution is 7.86. The molecule has 7 rings (SSSR count). The molecular weight excluding hydrogens is 1040 g/mol. The van der Waals surface area contributed by atoms with Gasteiger partial charge in [0.05, 0.1) is 75.0 Å². The molecule has 3 N–H and O–H groups in total. The zero-order valence-electron chi connectivity index (χ0n) is 44.9. The van der Waals surface area contributed by atoms with E-state index in [1.807, 2.05) is 90.4 Å². The van der Waals surface area contributed by atoms with Gasteiger partial charge in [0, 0.05) is 84.8 Å². The minimum absolute atomic E-state index is 0.148. The molecule has 20 heteroatoms. The summed E-state index contributed by atoms with van der Waals surface area (Å²) >= 11 is 0. The van der Waals surface area contributed by atoms with E-state index >= 15 is 0 Å². The third-order valence-electron chi connectivity index (χ3n) is 13.6. The van der Waals surface area contributed by atoms with Crippen LogP contribution in [0, 0.1) is 0 Å². The Morgan fingerprint density at radius 2 is 1.45 bits per heavy atom. The van der Waals surface area contributed by atoms with Gasteiger partial charge in [-0.25, -0.2) is 4.79 Å². The van der Waals surface area contributed by atoms with Crippen LogP contribution in [-0.2, 0) is 53.6 Å². The number of allylic oxidation sites excluding steroid dienone is 10. The van der Waals surface area contributed by atoms with Crippen LogP contribution in [0.15, 0.2) is 132 Å². The Hall–Kier alpha value is -6.62. The summed E-state index contributed by atoms with van der Waals surface area (Å²) in [6.45, 7) is 12.7. The van der Waals surface area contributed by atoms with E-state index in [1.54, 1.807) is 13.2 Å². The number of aromatic nitrogens is 1. The lowest BCUT2D eigenvalue weighted by Crippen LogP contribution is -2.46. The number of hydrogen-bond acceptors (Lipinski definition) is 15. The second-order valence-corrected chi connectivity index (χ2v) is 22.8. The lowest BCUT2D eigenvalue weighted by atomic mass is 9.75. The van der Waals surface area contributed by atoms with Gasteiger partial charge in [-0.1, -0.05) is 72.9 Å². The van der Waals surface area contributed by atoms with Crippen molar-refractivity contribution in [2.24, 2.45) is 0 Å². The molecule has 3 aliphatic rings. The predicted octanol–water partition coefficient (Wildman–Crippen LogP) is 8.58.